The lowest BCUT2D eigenvalue weighted by atomic mass is 10.1. The quantitative estimate of drug-likeness (QED) is 0.570. The molecule has 0 saturated heterocycles. The summed E-state index contributed by atoms with van der Waals surface area (Å²) in [5.41, 5.74) is 2.39. The molecule has 2 aromatic carbocycles. The Morgan fingerprint density at radius 2 is 1.73 bits per heavy atom. The lowest BCUT2D eigenvalue weighted by Crippen LogP contribution is -2.36. The maximum absolute atomic E-state index is 12.6. The summed E-state index contributed by atoms with van der Waals surface area (Å²) in [5, 5.41) is 10.7. The highest BCUT2D eigenvalue weighted by atomic mass is 32.2. The van der Waals surface area contributed by atoms with E-state index in [1.54, 1.807) is 13.0 Å². The van der Waals surface area contributed by atoms with Gasteiger partial charge in [0.15, 0.2) is 9.84 Å². The van der Waals surface area contributed by atoms with Gasteiger partial charge >= 0.3 is 0 Å². The Balaban J connectivity index is 2.26. The van der Waals surface area contributed by atoms with Gasteiger partial charge in [-0.3, -0.25) is 14.9 Å². The average molecular weight is 376 g/mol. The van der Waals surface area contributed by atoms with E-state index in [2.05, 4.69) is 0 Å². The number of amides is 1. The van der Waals surface area contributed by atoms with Crippen molar-refractivity contribution in [1.29, 1.82) is 0 Å². The fourth-order valence-electron chi connectivity index (χ4n) is 2.69. The second-order valence-corrected chi connectivity index (χ2v) is 7.93. The maximum atomic E-state index is 12.6. The zero-order chi connectivity index (χ0) is 19.5. The molecule has 26 heavy (non-hydrogen) atoms. The van der Waals surface area contributed by atoms with Crippen LogP contribution in [0.2, 0.25) is 0 Å². The molecule has 0 radical (unpaired) electrons. The molecule has 0 saturated carbocycles. The van der Waals surface area contributed by atoms with Gasteiger partial charge in [-0.05, 0) is 44.5 Å². The van der Waals surface area contributed by atoms with E-state index in [0.29, 0.717) is 12.2 Å². The number of benzene rings is 2. The molecule has 0 heterocycles. The van der Waals surface area contributed by atoms with Crippen molar-refractivity contribution in [2.75, 3.05) is 17.2 Å². The molecule has 0 aliphatic carbocycles. The van der Waals surface area contributed by atoms with Gasteiger partial charge in [0.25, 0.3) is 5.69 Å². The van der Waals surface area contributed by atoms with Crippen LogP contribution in [-0.2, 0) is 14.6 Å². The van der Waals surface area contributed by atoms with Crippen molar-refractivity contribution in [1.82, 2.24) is 0 Å². The van der Waals surface area contributed by atoms with E-state index in [9.17, 15) is 23.3 Å². The van der Waals surface area contributed by atoms with E-state index < -0.39 is 26.4 Å². The van der Waals surface area contributed by atoms with Gasteiger partial charge in [-0.25, -0.2) is 8.42 Å². The lowest BCUT2D eigenvalue weighted by molar-refractivity contribution is -0.384. The highest BCUT2D eigenvalue weighted by Gasteiger charge is 2.25. The highest BCUT2D eigenvalue weighted by molar-refractivity contribution is 7.92. The highest BCUT2D eigenvalue weighted by Crippen LogP contribution is 2.23. The second-order valence-electron chi connectivity index (χ2n) is 5.94. The van der Waals surface area contributed by atoms with E-state index in [-0.39, 0.29) is 10.6 Å². The molecule has 2 rings (SSSR count). The molecule has 7 nitrogen and oxygen atoms in total. The summed E-state index contributed by atoms with van der Waals surface area (Å²) in [6.07, 6.45) is 0. The summed E-state index contributed by atoms with van der Waals surface area (Å²) in [6.45, 7) is 5.91. The molecule has 0 aliphatic rings. The first-order chi connectivity index (χ1) is 12.2. The molecule has 8 heteroatoms. The number of non-ortho nitro benzene ring substituents is 1. The maximum Gasteiger partial charge on any atom is 0.269 e. The predicted molar refractivity (Wildman–Crippen MR) is 99.1 cm³/mol. The second kappa shape index (κ2) is 7.65. The van der Waals surface area contributed by atoms with E-state index in [4.69, 9.17) is 0 Å². The van der Waals surface area contributed by atoms with Gasteiger partial charge in [0.1, 0.15) is 5.75 Å². The van der Waals surface area contributed by atoms with Gasteiger partial charge in [-0.15, -0.1) is 0 Å². The fraction of sp³-hybridized carbons (Fsp3) is 0.278. The minimum Gasteiger partial charge on any atom is -0.312 e. The minimum atomic E-state index is -3.90. The van der Waals surface area contributed by atoms with Gasteiger partial charge < -0.3 is 4.90 Å². The van der Waals surface area contributed by atoms with Crippen LogP contribution < -0.4 is 4.90 Å². The van der Waals surface area contributed by atoms with E-state index in [1.165, 1.54) is 4.90 Å². The van der Waals surface area contributed by atoms with Crippen molar-refractivity contribution in [3.05, 3.63) is 63.7 Å². The molecule has 0 atom stereocenters. The van der Waals surface area contributed by atoms with Crippen LogP contribution >= 0.6 is 0 Å². The first kappa shape index (κ1) is 19.6. The third-order valence-electron chi connectivity index (χ3n) is 3.98. The number of anilines is 1. The van der Waals surface area contributed by atoms with Crippen LogP contribution in [0.15, 0.2) is 47.4 Å². The van der Waals surface area contributed by atoms with Crippen LogP contribution in [0.3, 0.4) is 0 Å². The smallest absolute Gasteiger partial charge is 0.269 e. The van der Waals surface area contributed by atoms with Crippen LogP contribution in [0.4, 0.5) is 11.4 Å². The third kappa shape index (κ3) is 4.26. The molecule has 0 spiro atoms. The summed E-state index contributed by atoms with van der Waals surface area (Å²) in [4.78, 5) is 24.0. The monoisotopic (exact) mass is 376 g/mol. The molecule has 138 valence electrons. The number of nitrogens with zero attached hydrogens (tertiary/aromatic N) is 2. The van der Waals surface area contributed by atoms with Crippen LogP contribution in [0.5, 0.6) is 0 Å². The normalized spacial score (nSPS) is 11.2. The molecular formula is C18H20N2O5S. The summed E-state index contributed by atoms with van der Waals surface area (Å²) < 4.78 is 25.0. The molecule has 0 aromatic heterocycles. The minimum absolute atomic E-state index is 0.117. The number of hydrogen-bond donors (Lipinski definition) is 0. The number of nitro groups is 1. The molecule has 0 fully saturated rings. The van der Waals surface area contributed by atoms with Crippen molar-refractivity contribution >= 4 is 27.1 Å². The molecule has 0 N–H and O–H groups in total. The number of hydrogen-bond acceptors (Lipinski definition) is 5. The topological polar surface area (TPSA) is 97.6 Å². The van der Waals surface area contributed by atoms with Gasteiger partial charge in [-0.1, -0.05) is 17.7 Å². The van der Waals surface area contributed by atoms with Crippen molar-refractivity contribution in [3.8, 4) is 0 Å². The molecule has 0 unspecified atom stereocenters. The SMILES string of the molecule is CCN(C(=O)CS(=O)(=O)c1ccc([N+](=O)[O-])cc1)c1ccc(C)cc1C. The number of nitro benzene ring substituents is 1. The average Bonchev–Trinajstić information content (AvgIpc) is 2.57. The summed E-state index contributed by atoms with van der Waals surface area (Å²) in [7, 11) is -3.90. The van der Waals surface area contributed by atoms with Crippen LogP contribution in [-0.4, -0.2) is 31.5 Å². The van der Waals surface area contributed by atoms with Crippen LogP contribution in [0.25, 0.3) is 0 Å². The summed E-state index contributed by atoms with van der Waals surface area (Å²) >= 11 is 0. The van der Waals surface area contributed by atoms with Crippen molar-refractivity contribution < 1.29 is 18.1 Å². The van der Waals surface area contributed by atoms with E-state index >= 15 is 0 Å². The Morgan fingerprint density at radius 1 is 1.12 bits per heavy atom. The zero-order valence-electron chi connectivity index (χ0n) is 14.8. The fourth-order valence-corrected chi connectivity index (χ4v) is 3.89. The Kier molecular flexibility index (Phi) is 5.76. The number of sulfone groups is 1. The molecule has 0 aliphatic heterocycles. The van der Waals surface area contributed by atoms with Gasteiger partial charge in [-0.2, -0.15) is 0 Å². The standard InChI is InChI=1S/C18H20N2O5S/c1-4-19(17-10-5-13(2)11-14(17)3)18(21)12-26(24,25)16-8-6-15(7-9-16)20(22)23/h5-11H,4,12H2,1-3H3. The van der Waals surface area contributed by atoms with Crippen molar-refractivity contribution in [3.63, 3.8) is 0 Å². The Labute approximate surface area is 152 Å². The van der Waals surface area contributed by atoms with E-state index in [0.717, 1.165) is 35.4 Å². The number of aryl methyl sites for hydroxylation is 2. The molecular weight excluding hydrogens is 356 g/mol. The zero-order valence-corrected chi connectivity index (χ0v) is 15.6. The van der Waals surface area contributed by atoms with Crippen molar-refractivity contribution in [2.24, 2.45) is 0 Å². The first-order valence-corrected chi connectivity index (χ1v) is 9.65. The van der Waals surface area contributed by atoms with Crippen LogP contribution in [0, 0.1) is 24.0 Å². The Hall–Kier alpha value is -2.74. The predicted octanol–water partition coefficient (Wildman–Crippen LogP) is 3.04. The molecule has 2 aromatic rings. The number of carbonyl (C=O) groups excluding carboxylic acids is 1. The van der Waals surface area contributed by atoms with Gasteiger partial charge in [0, 0.05) is 24.4 Å². The Bertz CT molecular complexity index is 937. The Morgan fingerprint density at radius 3 is 2.23 bits per heavy atom. The van der Waals surface area contributed by atoms with Gasteiger partial charge in [0.2, 0.25) is 5.91 Å². The number of carbonyl (C=O) groups is 1. The number of rotatable bonds is 6. The van der Waals surface area contributed by atoms with E-state index in [1.807, 2.05) is 26.0 Å². The largest absolute Gasteiger partial charge is 0.312 e. The van der Waals surface area contributed by atoms with Crippen LogP contribution in [0.1, 0.15) is 18.1 Å². The third-order valence-corrected chi connectivity index (χ3v) is 5.60. The molecule has 1 amide bonds. The molecule has 0 bridgehead atoms. The summed E-state index contributed by atoms with van der Waals surface area (Å²) in [5.74, 6) is -1.25. The lowest BCUT2D eigenvalue weighted by Gasteiger charge is -2.23. The van der Waals surface area contributed by atoms with Gasteiger partial charge in [0.05, 0.1) is 9.82 Å². The van der Waals surface area contributed by atoms with Crippen molar-refractivity contribution in [2.45, 2.75) is 25.7 Å². The summed E-state index contributed by atoms with van der Waals surface area (Å²) in [6, 6.07) is 10.1. The first-order valence-electron chi connectivity index (χ1n) is 8.00.